The van der Waals surface area contributed by atoms with E-state index < -0.39 is 5.97 Å². The van der Waals surface area contributed by atoms with Crippen molar-refractivity contribution in [3.8, 4) is 0 Å². The minimum absolute atomic E-state index is 0.156. The summed E-state index contributed by atoms with van der Waals surface area (Å²) in [5.74, 6) is -0.489. The summed E-state index contributed by atoms with van der Waals surface area (Å²) in [6.45, 7) is 3.95. The van der Waals surface area contributed by atoms with Crippen molar-refractivity contribution in [2.75, 3.05) is 31.8 Å². The minimum atomic E-state index is -0.489. The molecule has 0 saturated carbocycles. The Labute approximate surface area is 126 Å². The molecule has 0 aliphatic carbocycles. The molecule has 0 N–H and O–H groups in total. The topological polar surface area (TPSA) is 64.8 Å². The highest BCUT2D eigenvalue weighted by molar-refractivity contribution is 6.31. The third kappa shape index (κ3) is 2.56. The van der Waals surface area contributed by atoms with E-state index in [0.717, 1.165) is 0 Å². The Hall–Kier alpha value is -1.79. The second-order valence-electron chi connectivity index (χ2n) is 4.91. The average Bonchev–Trinajstić information content (AvgIpc) is 2.89. The maximum atomic E-state index is 11.8. The van der Waals surface area contributed by atoms with Gasteiger partial charge in [0.1, 0.15) is 5.52 Å². The number of hydrogen-bond donors (Lipinski definition) is 0. The first-order valence-electron chi connectivity index (χ1n) is 6.63. The van der Waals surface area contributed by atoms with Crippen LogP contribution in [0, 0.1) is 0 Å². The van der Waals surface area contributed by atoms with E-state index in [4.69, 9.17) is 25.5 Å². The van der Waals surface area contributed by atoms with Crippen LogP contribution in [-0.4, -0.2) is 43.9 Å². The number of nitrogens with zero attached hydrogens (tertiary/aromatic N) is 2. The Morgan fingerprint density at radius 3 is 3.05 bits per heavy atom. The monoisotopic (exact) mass is 310 g/mol. The van der Waals surface area contributed by atoms with E-state index in [9.17, 15) is 4.79 Å². The van der Waals surface area contributed by atoms with Crippen molar-refractivity contribution < 1.29 is 18.7 Å². The number of fused-ring (bicyclic) bond motifs is 1. The van der Waals surface area contributed by atoms with Crippen molar-refractivity contribution >= 4 is 34.7 Å². The number of rotatable bonds is 2. The summed E-state index contributed by atoms with van der Waals surface area (Å²) in [6, 6.07) is 3.80. The zero-order chi connectivity index (χ0) is 15.0. The van der Waals surface area contributed by atoms with Gasteiger partial charge in [0.2, 0.25) is 0 Å². The Kier molecular flexibility index (Phi) is 3.73. The predicted molar refractivity (Wildman–Crippen MR) is 78.0 cm³/mol. The Bertz CT molecular complexity index is 685. The number of benzene rings is 1. The minimum Gasteiger partial charge on any atom is -0.465 e. The molecule has 1 aliphatic rings. The number of hydrogen-bond acceptors (Lipinski definition) is 6. The summed E-state index contributed by atoms with van der Waals surface area (Å²) >= 11 is 6.02. The fraction of sp³-hybridized carbons (Fsp3) is 0.429. The smallest absolute Gasteiger partial charge is 0.340 e. The van der Waals surface area contributed by atoms with Crippen LogP contribution in [0.15, 0.2) is 16.5 Å². The summed E-state index contributed by atoms with van der Waals surface area (Å²) in [5, 5.41) is 0.403. The van der Waals surface area contributed by atoms with Gasteiger partial charge in [-0.2, -0.15) is 4.98 Å². The summed E-state index contributed by atoms with van der Waals surface area (Å²) in [4.78, 5) is 18.3. The van der Waals surface area contributed by atoms with Crippen LogP contribution in [-0.2, 0) is 9.47 Å². The molecule has 112 valence electrons. The van der Waals surface area contributed by atoms with Gasteiger partial charge in [0.15, 0.2) is 5.58 Å². The molecule has 0 amide bonds. The number of anilines is 1. The molecule has 0 radical (unpaired) electrons. The number of halogens is 1. The van der Waals surface area contributed by atoms with E-state index >= 15 is 0 Å². The van der Waals surface area contributed by atoms with Crippen LogP contribution in [0.2, 0.25) is 5.02 Å². The highest BCUT2D eigenvalue weighted by Crippen LogP contribution is 2.29. The standard InChI is InChI=1S/C14H15ClN2O4/c1-8-7-20-4-3-17(8)14-16-12-10(13(18)19-2)5-9(15)6-11(12)21-14/h5-6,8H,3-4,7H2,1-2H3. The molecule has 3 rings (SSSR count). The van der Waals surface area contributed by atoms with E-state index in [1.807, 2.05) is 11.8 Å². The van der Waals surface area contributed by atoms with Gasteiger partial charge < -0.3 is 18.8 Å². The Morgan fingerprint density at radius 2 is 2.33 bits per heavy atom. The molecular weight excluding hydrogens is 296 g/mol. The second-order valence-corrected chi connectivity index (χ2v) is 5.34. The fourth-order valence-electron chi connectivity index (χ4n) is 2.38. The molecule has 1 unspecified atom stereocenters. The van der Waals surface area contributed by atoms with Crippen molar-refractivity contribution in [1.82, 2.24) is 4.98 Å². The molecule has 1 saturated heterocycles. The number of esters is 1. The van der Waals surface area contributed by atoms with Crippen molar-refractivity contribution in [1.29, 1.82) is 0 Å². The quantitative estimate of drug-likeness (QED) is 0.794. The van der Waals surface area contributed by atoms with Gasteiger partial charge in [-0.1, -0.05) is 11.6 Å². The first-order chi connectivity index (χ1) is 10.1. The lowest BCUT2D eigenvalue weighted by Gasteiger charge is -2.31. The molecule has 2 heterocycles. The molecule has 2 aromatic rings. The molecule has 1 aromatic carbocycles. The number of morpholine rings is 1. The summed E-state index contributed by atoms with van der Waals surface area (Å²) in [7, 11) is 1.32. The largest absolute Gasteiger partial charge is 0.465 e. The van der Waals surface area contributed by atoms with Gasteiger partial charge in [-0.05, 0) is 13.0 Å². The van der Waals surface area contributed by atoms with Crippen LogP contribution >= 0.6 is 11.6 Å². The number of ether oxygens (including phenoxy) is 2. The lowest BCUT2D eigenvalue weighted by molar-refractivity contribution is 0.0602. The molecule has 0 spiro atoms. The number of carbonyl (C=O) groups excluding carboxylic acids is 1. The number of carbonyl (C=O) groups is 1. The average molecular weight is 311 g/mol. The molecule has 21 heavy (non-hydrogen) atoms. The highest BCUT2D eigenvalue weighted by Gasteiger charge is 2.25. The van der Waals surface area contributed by atoms with Crippen molar-refractivity contribution in [2.45, 2.75) is 13.0 Å². The van der Waals surface area contributed by atoms with Crippen LogP contribution < -0.4 is 4.90 Å². The Balaban J connectivity index is 2.08. The van der Waals surface area contributed by atoms with Crippen molar-refractivity contribution in [2.24, 2.45) is 0 Å². The van der Waals surface area contributed by atoms with Crippen LogP contribution in [0.5, 0.6) is 0 Å². The normalized spacial score (nSPS) is 19.0. The first-order valence-corrected chi connectivity index (χ1v) is 7.00. The fourth-order valence-corrected chi connectivity index (χ4v) is 2.59. The van der Waals surface area contributed by atoms with Crippen molar-refractivity contribution in [3.05, 3.63) is 22.7 Å². The summed E-state index contributed by atoms with van der Waals surface area (Å²) < 4.78 is 15.9. The van der Waals surface area contributed by atoms with Gasteiger partial charge in [-0.3, -0.25) is 0 Å². The number of methoxy groups -OCH3 is 1. The molecule has 1 atom stereocenters. The zero-order valence-electron chi connectivity index (χ0n) is 11.8. The van der Waals surface area contributed by atoms with E-state index in [1.165, 1.54) is 13.2 Å². The Morgan fingerprint density at radius 1 is 1.52 bits per heavy atom. The van der Waals surface area contributed by atoms with Gasteiger partial charge in [-0.15, -0.1) is 0 Å². The van der Waals surface area contributed by atoms with E-state index in [2.05, 4.69) is 4.98 Å². The zero-order valence-corrected chi connectivity index (χ0v) is 12.5. The maximum Gasteiger partial charge on any atom is 0.340 e. The van der Waals surface area contributed by atoms with Crippen LogP contribution in [0.1, 0.15) is 17.3 Å². The van der Waals surface area contributed by atoms with Gasteiger partial charge in [-0.25, -0.2) is 4.79 Å². The third-order valence-corrected chi connectivity index (χ3v) is 3.69. The van der Waals surface area contributed by atoms with Crippen LogP contribution in [0.3, 0.4) is 0 Å². The van der Waals surface area contributed by atoms with Crippen LogP contribution in [0.4, 0.5) is 6.01 Å². The lowest BCUT2D eigenvalue weighted by atomic mass is 10.2. The molecule has 1 aromatic heterocycles. The SMILES string of the molecule is COC(=O)c1cc(Cl)cc2oc(N3CCOCC3C)nc12. The molecule has 0 bridgehead atoms. The molecule has 1 aliphatic heterocycles. The molecular formula is C14H15ClN2O4. The first kappa shape index (κ1) is 14.2. The highest BCUT2D eigenvalue weighted by atomic mass is 35.5. The van der Waals surface area contributed by atoms with Crippen molar-refractivity contribution in [3.63, 3.8) is 0 Å². The van der Waals surface area contributed by atoms with E-state index in [1.54, 1.807) is 6.07 Å². The van der Waals surface area contributed by atoms with Gasteiger partial charge in [0.05, 0.1) is 31.9 Å². The lowest BCUT2D eigenvalue weighted by Crippen LogP contribution is -2.43. The maximum absolute atomic E-state index is 11.8. The second kappa shape index (κ2) is 5.54. The van der Waals surface area contributed by atoms with Crippen LogP contribution in [0.25, 0.3) is 11.1 Å². The van der Waals surface area contributed by atoms with Gasteiger partial charge in [0, 0.05) is 17.6 Å². The summed E-state index contributed by atoms with van der Waals surface area (Å²) in [5.41, 5.74) is 1.23. The van der Waals surface area contributed by atoms with Gasteiger partial charge in [0.25, 0.3) is 6.01 Å². The molecule has 1 fully saturated rings. The third-order valence-electron chi connectivity index (χ3n) is 3.47. The van der Waals surface area contributed by atoms with E-state index in [0.29, 0.717) is 47.5 Å². The molecule has 6 nitrogen and oxygen atoms in total. The molecule has 7 heteroatoms. The predicted octanol–water partition coefficient (Wildman–Crippen LogP) is 2.49. The number of aromatic nitrogens is 1. The number of oxazole rings is 1. The van der Waals surface area contributed by atoms with E-state index in [-0.39, 0.29) is 6.04 Å². The summed E-state index contributed by atoms with van der Waals surface area (Å²) in [6.07, 6.45) is 0. The van der Waals surface area contributed by atoms with Gasteiger partial charge >= 0.3 is 5.97 Å².